The third-order valence-electron chi connectivity index (χ3n) is 8.48. The van der Waals surface area contributed by atoms with E-state index in [9.17, 15) is 0 Å². The first-order chi connectivity index (χ1) is 16.8. The maximum atomic E-state index is 2.71. The Kier molecular flexibility index (Phi) is 21.2. The Balaban J connectivity index is 2.82. The molecule has 0 aromatic heterocycles. The van der Waals surface area contributed by atoms with Crippen LogP contribution in [0.2, 0.25) is 0 Å². The molecule has 4 atom stereocenters. The Morgan fingerprint density at radius 1 is 0.441 bits per heavy atom. The third-order valence-corrected chi connectivity index (χ3v) is 8.48. The molecule has 0 heterocycles. The van der Waals surface area contributed by atoms with Gasteiger partial charge in [0.15, 0.2) is 0 Å². The van der Waals surface area contributed by atoms with Crippen LogP contribution in [0, 0.1) is 23.7 Å². The van der Waals surface area contributed by atoms with E-state index in [1.165, 1.54) is 141 Å². The van der Waals surface area contributed by atoms with Crippen molar-refractivity contribution in [3.05, 3.63) is 24.3 Å². The Morgan fingerprint density at radius 3 is 1.44 bits per heavy atom. The lowest BCUT2D eigenvalue weighted by Crippen LogP contribution is -2.31. The smallest absolute Gasteiger partial charge is 0.0199 e. The number of unbranched alkanes of at least 4 members (excludes halogenated alkanes) is 14. The van der Waals surface area contributed by atoms with Crippen molar-refractivity contribution in [3.63, 3.8) is 0 Å². The summed E-state index contributed by atoms with van der Waals surface area (Å²) in [5.41, 5.74) is 0. The van der Waals surface area contributed by atoms with Crippen molar-refractivity contribution < 1.29 is 0 Å². The average molecular weight is 473 g/mol. The van der Waals surface area contributed by atoms with Crippen molar-refractivity contribution in [1.29, 1.82) is 0 Å². The normalized spacial score (nSPS) is 22.7. The second kappa shape index (κ2) is 22.9. The van der Waals surface area contributed by atoms with Gasteiger partial charge < -0.3 is 0 Å². The fourth-order valence-electron chi connectivity index (χ4n) is 6.26. The first kappa shape index (κ1) is 31.5. The predicted octanol–water partition coefficient (Wildman–Crippen LogP) is 12.2. The van der Waals surface area contributed by atoms with Crippen molar-refractivity contribution in [2.45, 2.75) is 169 Å². The molecule has 0 aliphatic heterocycles. The van der Waals surface area contributed by atoms with Gasteiger partial charge >= 0.3 is 0 Å². The molecule has 34 heavy (non-hydrogen) atoms. The number of hydrogen-bond donors (Lipinski definition) is 0. The highest BCUT2D eigenvalue weighted by Crippen LogP contribution is 2.44. The summed E-state index contributed by atoms with van der Waals surface area (Å²) in [6.07, 6.45) is 41.5. The SMILES string of the molecule is CCCCC/C=C/CC1C(CCCCCC)C=CC(CCCCCCC)C1CCCCCCC. The Labute approximate surface area is 216 Å². The topological polar surface area (TPSA) is 0 Å². The summed E-state index contributed by atoms with van der Waals surface area (Å²) in [7, 11) is 0. The Hall–Kier alpha value is -0.520. The minimum atomic E-state index is 0.828. The molecule has 0 radical (unpaired) electrons. The molecule has 0 amide bonds. The summed E-state index contributed by atoms with van der Waals surface area (Å²) in [5, 5.41) is 0. The van der Waals surface area contributed by atoms with Crippen LogP contribution in [-0.4, -0.2) is 0 Å². The Bertz CT molecular complexity index is 472. The van der Waals surface area contributed by atoms with Crippen molar-refractivity contribution in [2.75, 3.05) is 0 Å². The highest BCUT2D eigenvalue weighted by atomic mass is 14.4. The molecule has 0 spiro atoms. The number of hydrogen-bond acceptors (Lipinski definition) is 0. The molecule has 0 aromatic rings. The lowest BCUT2D eigenvalue weighted by atomic mass is 9.65. The second-order valence-electron chi connectivity index (χ2n) is 11.5. The highest BCUT2D eigenvalue weighted by molar-refractivity contribution is 5.06. The van der Waals surface area contributed by atoms with Crippen LogP contribution < -0.4 is 0 Å². The summed E-state index contributed by atoms with van der Waals surface area (Å²) in [5.74, 6) is 3.49. The van der Waals surface area contributed by atoms with E-state index < -0.39 is 0 Å². The van der Waals surface area contributed by atoms with Crippen LogP contribution in [0.25, 0.3) is 0 Å². The summed E-state index contributed by atoms with van der Waals surface area (Å²) in [4.78, 5) is 0. The van der Waals surface area contributed by atoms with Crippen LogP contribution in [0.3, 0.4) is 0 Å². The minimum absolute atomic E-state index is 0.828. The first-order valence-corrected chi connectivity index (χ1v) is 16.1. The molecule has 0 saturated heterocycles. The zero-order valence-corrected chi connectivity index (χ0v) is 24.2. The van der Waals surface area contributed by atoms with Gasteiger partial charge in [-0.2, -0.15) is 0 Å². The predicted molar refractivity (Wildman–Crippen MR) is 157 cm³/mol. The van der Waals surface area contributed by atoms with E-state index in [-0.39, 0.29) is 0 Å². The van der Waals surface area contributed by atoms with E-state index in [1.54, 1.807) is 0 Å². The Morgan fingerprint density at radius 2 is 0.882 bits per heavy atom. The van der Waals surface area contributed by atoms with Crippen molar-refractivity contribution in [3.8, 4) is 0 Å². The zero-order chi connectivity index (χ0) is 24.7. The largest absolute Gasteiger partial charge is 0.0885 e. The van der Waals surface area contributed by atoms with Gasteiger partial charge in [0.05, 0.1) is 0 Å². The molecule has 1 rings (SSSR count). The quantitative estimate of drug-likeness (QED) is 0.102. The zero-order valence-electron chi connectivity index (χ0n) is 24.2. The van der Waals surface area contributed by atoms with Gasteiger partial charge in [-0.1, -0.05) is 155 Å². The molecule has 0 aromatic carbocycles. The standard InChI is InChI=1S/C34H64/c1-5-9-13-17-20-24-28-34-31(25-21-16-12-8-4)29-30-32(26-22-18-14-10-6-2)33(34)27-23-19-15-11-7-3/h20,24,29-34H,5-19,21-23,25-28H2,1-4H3/b24-20+. The van der Waals surface area contributed by atoms with Gasteiger partial charge in [-0.25, -0.2) is 0 Å². The van der Waals surface area contributed by atoms with Crippen molar-refractivity contribution in [1.82, 2.24) is 0 Å². The van der Waals surface area contributed by atoms with Gasteiger partial charge in [0, 0.05) is 0 Å². The van der Waals surface area contributed by atoms with Gasteiger partial charge in [0.25, 0.3) is 0 Å². The van der Waals surface area contributed by atoms with Crippen LogP contribution >= 0.6 is 0 Å². The van der Waals surface area contributed by atoms with Crippen LogP contribution in [-0.2, 0) is 0 Å². The highest BCUT2D eigenvalue weighted by Gasteiger charge is 2.34. The molecule has 0 nitrogen and oxygen atoms in total. The van der Waals surface area contributed by atoms with Gasteiger partial charge in [-0.3, -0.25) is 0 Å². The van der Waals surface area contributed by atoms with Crippen LogP contribution in [0.5, 0.6) is 0 Å². The molecule has 0 bridgehead atoms. The molecule has 0 fully saturated rings. The fraction of sp³-hybridized carbons (Fsp3) is 0.882. The summed E-state index contributed by atoms with van der Waals surface area (Å²) < 4.78 is 0. The molecular weight excluding hydrogens is 408 g/mol. The van der Waals surface area contributed by atoms with E-state index in [4.69, 9.17) is 0 Å². The minimum Gasteiger partial charge on any atom is -0.0885 e. The molecule has 200 valence electrons. The van der Waals surface area contributed by atoms with E-state index in [2.05, 4.69) is 52.0 Å². The molecule has 0 saturated carbocycles. The first-order valence-electron chi connectivity index (χ1n) is 16.1. The summed E-state index contributed by atoms with van der Waals surface area (Å²) in [6.45, 7) is 9.33. The third kappa shape index (κ3) is 14.8. The molecule has 4 unspecified atom stereocenters. The van der Waals surface area contributed by atoms with E-state index in [0.717, 1.165) is 23.7 Å². The lowest BCUT2D eigenvalue weighted by molar-refractivity contribution is 0.159. The maximum absolute atomic E-state index is 2.71. The van der Waals surface area contributed by atoms with Crippen LogP contribution in [0.15, 0.2) is 24.3 Å². The maximum Gasteiger partial charge on any atom is -0.0199 e. The lowest BCUT2D eigenvalue weighted by Gasteiger charge is -2.40. The van der Waals surface area contributed by atoms with Crippen LogP contribution in [0.1, 0.15) is 169 Å². The van der Waals surface area contributed by atoms with Gasteiger partial charge in [0.1, 0.15) is 0 Å². The van der Waals surface area contributed by atoms with E-state index >= 15 is 0 Å². The van der Waals surface area contributed by atoms with Gasteiger partial charge in [-0.05, 0) is 62.2 Å². The van der Waals surface area contributed by atoms with Crippen molar-refractivity contribution in [2.24, 2.45) is 23.7 Å². The number of allylic oxidation sites excluding steroid dienone is 4. The van der Waals surface area contributed by atoms with E-state index in [1.807, 2.05) is 0 Å². The summed E-state index contributed by atoms with van der Waals surface area (Å²) >= 11 is 0. The molecule has 0 heteroatoms. The fourth-order valence-corrected chi connectivity index (χ4v) is 6.26. The molecular formula is C34H64. The monoisotopic (exact) mass is 473 g/mol. The van der Waals surface area contributed by atoms with Gasteiger partial charge in [0.2, 0.25) is 0 Å². The number of rotatable bonds is 23. The second-order valence-corrected chi connectivity index (χ2v) is 11.5. The van der Waals surface area contributed by atoms with Gasteiger partial charge in [-0.15, -0.1) is 0 Å². The van der Waals surface area contributed by atoms with Crippen LogP contribution in [0.4, 0.5) is 0 Å². The van der Waals surface area contributed by atoms with E-state index in [0.29, 0.717) is 0 Å². The summed E-state index contributed by atoms with van der Waals surface area (Å²) in [6, 6.07) is 0. The van der Waals surface area contributed by atoms with Crippen molar-refractivity contribution >= 4 is 0 Å². The molecule has 1 aliphatic rings. The molecule has 0 N–H and O–H groups in total. The average Bonchev–Trinajstić information content (AvgIpc) is 2.85. The molecule has 1 aliphatic carbocycles.